The standard InChI is InChI=1S/C13H12F15/c1-2-3-4-5-6-7(14,15)9(17,18)11(21,22)10(19,20)8(16,12(23,24)25)13(26,27)28/h6H,2-5H2,1H3. The molecule has 0 fully saturated rings. The molecule has 0 spiro atoms. The lowest BCUT2D eigenvalue weighted by Crippen LogP contribution is -2.75. The number of rotatable bonds is 9. The molecule has 0 saturated heterocycles. The molecule has 0 amide bonds. The predicted octanol–water partition coefficient (Wildman–Crippen LogP) is 7.15. The third kappa shape index (κ3) is 3.98. The zero-order valence-corrected chi connectivity index (χ0v) is 13.6. The first-order chi connectivity index (χ1) is 12.1. The molecule has 0 aromatic carbocycles. The molecule has 0 rings (SSSR count). The molecule has 1 radical (unpaired) electrons. The normalized spacial score (nSPS) is 15.9. The molecule has 0 saturated carbocycles. The van der Waals surface area contributed by atoms with Crippen molar-refractivity contribution in [2.75, 3.05) is 0 Å². The fourth-order valence-electron chi connectivity index (χ4n) is 1.95. The Labute approximate surface area is 148 Å². The summed E-state index contributed by atoms with van der Waals surface area (Å²) in [5.74, 6) is -30.2. The Hall–Kier alpha value is -1.05. The van der Waals surface area contributed by atoms with Gasteiger partial charge < -0.3 is 0 Å². The van der Waals surface area contributed by atoms with Crippen molar-refractivity contribution < 1.29 is 65.9 Å². The molecule has 15 heteroatoms. The van der Waals surface area contributed by atoms with Crippen molar-refractivity contribution in [3.05, 3.63) is 6.42 Å². The van der Waals surface area contributed by atoms with Gasteiger partial charge in [0, 0.05) is 6.42 Å². The summed E-state index contributed by atoms with van der Waals surface area (Å²) in [6.07, 6.45) is -17.8. The molecule has 0 heterocycles. The Bertz CT molecular complexity index is 499. The summed E-state index contributed by atoms with van der Waals surface area (Å²) in [5, 5.41) is 0. The minimum atomic E-state index is -8.35. The average molecular weight is 453 g/mol. The second-order valence-electron chi connectivity index (χ2n) is 5.70. The third-order valence-electron chi connectivity index (χ3n) is 3.63. The molecule has 0 aromatic heterocycles. The van der Waals surface area contributed by atoms with E-state index in [1.165, 1.54) is 6.92 Å². The quantitative estimate of drug-likeness (QED) is 0.257. The highest BCUT2D eigenvalue weighted by Gasteiger charge is 2.95. The van der Waals surface area contributed by atoms with Crippen LogP contribution in [0.2, 0.25) is 0 Å². The van der Waals surface area contributed by atoms with E-state index in [2.05, 4.69) is 0 Å². The van der Waals surface area contributed by atoms with E-state index in [9.17, 15) is 65.9 Å². The van der Waals surface area contributed by atoms with Gasteiger partial charge in [0.15, 0.2) is 0 Å². The molecule has 28 heavy (non-hydrogen) atoms. The highest BCUT2D eigenvalue weighted by Crippen LogP contribution is 2.64. The van der Waals surface area contributed by atoms with Crippen molar-refractivity contribution in [3.8, 4) is 0 Å². The lowest BCUT2D eigenvalue weighted by molar-refractivity contribution is -0.455. The second-order valence-corrected chi connectivity index (χ2v) is 5.70. The van der Waals surface area contributed by atoms with E-state index in [0.717, 1.165) is 0 Å². The lowest BCUT2D eigenvalue weighted by Gasteiger charge is -2.43. The van der Waals surface area contributed by atoms with Gasteiger partial charge in [-0.3, -0.25) is 0 Å². The summed E-state index contributed by atoms with van der Waals surface area (Å²) in [5.41, 5.74) is -8.24. The maximum atomic E-state index is 13.4. The number of alkyl halides is 15. The molecule has 0 aliphatic rings. The Morgan fingerprint density at radius 2 is 0.929 bits per heavy atom. The van der Waals surface area contributed by atoms with Crippen LogP contribution in [-0.4, -0.2) is 41.7 Å². The van der Waals surface area contributed by atoms with Crippen LogP contribution in [0.4, 0.5) is 65.9 Å². The monoisotopic (exact) mass is 453 g/mol. The fraction of sp³-hybridized carbons (Fsp3) is 0.923. The molecule has 0 aliphatic heterocycles. The summed E-state index contributed by atoms with van der Waals surface area (Å²) >= 11 is 0. The van der Waals surface area contributed by atoms with Gasteiger partial charge in [0.1, 0.15) is 0 Å². The summed E-state index contributed by atoms with van der Waals surface area (Å²) < 4.78 is 194. The number of hydrogen-bond acceptors (Lipinski definition) is 0. The first-order valence-corrected chi connectivity index (χ1v) is 7.24. The topological polar surface area (TPSA) is 0 Å². The minimum Gasteiger partial charge on any atom is -0.216 e. The zero-order chi connectivity index (χ0) is 23.0. The Balaban J connectivity index is 6.29. The maximum absolute atomic E-state index is 13.4. The highest BCUT2D eigenvalue weighted by atomic mass is 19.4. The maximum Gasteiger partial charge on any atom is 0.438 e. The van der Waals surface area contributed by atoms with Crippen LogP contribution in [0.15, 0.2) is 0 Å². The first kappa shape index (κ1) is 27.0. The van der Waals surface area contributed by atoms with Gasteiger partial charge in [-0.25, -0.2) is 4.39 Å². The first-order valence-electron chi connectivity index (χ1n) is 7.24. The smallest absolute Gasteiger partial charge is 0.216 e. The van der Waals surface area contributed by atoms with Gasteiger partial charge in [0.2, 0.25) is 0 Å². The van der Waals surface area contributed by atoms with Crippen LogP contribution in [0.1, 0.15) is 32.6 Å². The van der Waals surface area contributed by atoms with Crippen LogP contribution >= 0.6 is 0 Å². The van der Waals surface area contributed by atoms with E-state index in [1.54, 1.807) is 0 Å². The van der Waals surface area contributed by atoms with Gasteiger partial charge in [-0.1, -0.05) is 26.2 Å². The molecular formula is C13H12F15. The lowest BCUT2D eigenvalue weighted by atomic mass is 9.85. The van der Waals surface area contributed by atoms with Gasteiger partial charge in [-0.15, -0.1) is 0 Å². The van der Waals surface area contributed by atoms with Gasteiger partial charge in [-0.2, -0.15) is 61.5 Å². The molecule has 0 N–H and O–H groups in total. The van der Waals surface area contributed by atoms with Crippen molar-refractivity contribution in [2.45, 2.75) is 74.3 Å². The van der Waals surface area contributed by atoms with Crippen molar-refractivity contribution in [3.63, 3.8) is 0 Å². The van der Waals surface area contributed by atoms with E-state index in [1.807, 2.05) is 0 Å². The number of unbranched alkanes of at least 4 members (excludes halogenated alkanes) is 3. The van der Waals surface area contributed by atoms with Crippen molar-refractivity contribution in [2.24, 2.45) is 0 Å². The minimum absolute atomic E-state index is 0.0699. The van der Waals surface area contributed by atoms with Gasteiger partial charge in [0.05, 0.1) is 0 Å². The Morgan fingerprint density at radius 3 is 1.25 bits per heavy atom. The van der Waals surface area contributed by atoms with Crippen LogP contribution < -0.4 is 0 Å². The molecule has 0 aromatic rings. The summed E-state index contributed by atoms with van der Waals surface area (Å²) in [6, 6.07) is 0. The van der Waals surface area contributed by atoms with Gasteiger partial charge in [0.25, 0.3) is 0 Å². The van der Waals surface area contributed by atoms with Crippen LogP contribution in [0, 0.1) is 6.42 Å². The van der Waals surface area contributed by atoms with E-state index >= 15 is 0 Å². The van der Waals surface area contributed by atoms with Gasteiger partial charge in [-0.05, 0) is 6.42 Å². The van der Waals surface area contributed by atoms with E-state index in [-0.39, 0.29) is 12.8 Å². The summed E-state index contributed by atoms with van der Waals surface area (Å²) in [6.45, 7) is 1.48. The third-order valence-corrected chi connectivity index (χ3v) is 3.63. The van der Waals surface area contributed by atoms with Crippen LogP contribution in [0.25, 0.3) is 0 Å². The van der Waals surface area contributed by atoms with E-state index < -0.39 is 54.6 Å². The van der Waals surface area contributed by atoms with Crippen LogP contribution in [0.3, 0.4) is 0 Å². The number of hydrogen-bond donors (Lipinski definition) is 0. The highest BCUT2D eigenvalue weighted by molar-refractivity contribution is 5.17. The van der Waals surface area contributed by atoms with E-state index in [0.29, 0.717) is 6.42 Å². The molecular weight excluding hydrogens is 441 g/mol. The van der Waals surface area contributed by atoms with Crippen LogP contribution in [-0.2, 0) is 0 Å². The van der Waals surface area contributed by atoms with Crippen LogP contribution in [0.5, 0.6) is 0 Å². The SMILES string of the molecule is CCCCC[CH]C(F)(F)C(F)(F)C(F)(F)C(F)(F)C(F)(C(F)(F)F)C(F)(F)F. The molecule has 0 bridgehead atoms. The Kier molecular flexibility index (Phi) is 7.36. The van der Waals surface area contributed by atoms with Crippen molar-refractivity contribution in [1.29, 1.82) is 0 Å². The summed E-state index contributed by atoms with van der Waals surface area (Å²) in [7, 11) is 0. The van der Waals surface area contributed by atoms with E-state index in [4.69, 9.17) is 0 Å². The zero-order valence-electron chi connectivity index (χ0n) is 13.6. The largest absolute Gasteiger partial charge is 0.438 e. The van der Waals surface area contributed by atoms with Crippen molar-refractivity contribution >= 4 is 0 Å². The average Bonchev–Trinajstić information content (AvgIpc) is 2.47. The fourth-order valence-corrected chi connectivity index (χ4v) is 1.95. The summed E-state index contributed by atoms with van der Waals surface area (Å²) in [4.78, 5) is 0. The van der Waals surface area contributed by atoms with Gasteiger partial charge >= 0.3 is 41.7 Å². The Morgan fingerprint density at radius 1 is 0.536 bits per heavy atom. The predicted molar refractivity (Wildman–Crippen MR) is 64.2 cm³/mol. The molecule has 0 nitrogen and oxygen atoms in total. The molecule has 169 valence electrons. The molecule has 0 aliphatic carbocycles. The molecule has 0 atom stereocenters. The molecule has 0 unspecified atom stereocenters. The number of halogens is 15. The van der Waals surface area contributed by atoms with Crippen molar-refractivity contribution in [1.82, 2.24) is 0 Å². The second kappa shape index (κ2) is 7.65.